The van der Waals surface area contributed by atoms with E-state index in [0.717, 1.165) is 16.9 Å². The number of carboxylic acids is 1. The van der Waals surface area contributed by atoms with Crippen molar-refractivity contribution in [3.63, 3.8) is 0 Å². The number of carbonyl (C=O) groups is 1. The number of benzene rings is 3. The van der Waals surface area contributed by atoms with Gasteiger partial charge < -0.3 is 9.84 Å². The van der Waals surface area contributed by atoms with E-state index < -0.39 is 16.0 Å². The smallest absolute Gasteiger partial charge is 0.336 e. The quantitative estimate of drug-likeness (QED) is 0.475. The average Bonchev–Trinajstić information content (AvgIpc) is 2.77. The van der Waals surface area contributed by atoms with Gasteiger partial charge in [-0.2, -0.15) is 0 Å². The lowest BCUT2D eigenvalue weighted by Crippen LogP contribution is -2.26. The van der Waals surface area contributed by atoms with Gasteiger partial charge in [-0.3, -0.25) is 0 Å². The summed E-state index contributed by atoms with van der Waals surface area (Å²) in [6.45, 7) is 8.20. The summed E-state index contributed by atoms with van der Waals surface area (Å²) in [5, 5.41) is 9.33. The summed E-state index contributed by atoms with van der Waals surface area (Å²) in [7, 11) is -3.82. The average molecular weight is 468 g/mol. The fourth-order valence-corrected chi connectivity index (χ4v) is 4.64. The van der Waals surface area contributed by atoms with Gasteiger partial charge in [0.05, 0.1) is 10.5 Å². The van der Waals surface area contributed by atoms with Gasteiger partial charge >= 0.3 is 5.97 Å². The van der Waals surface area contributed by atoms with Crippen LogP contribution in [0.25, 0.3) is 0 Å². The predicted molar refractivity (Wildman–Crippen MR) is 128 cm³/mol. The van der Waals surface area contributed by atoms with E-state index >= 15 is 0 Å². The molecule has 6 nitrogen and oxygen atoms in total. The number of sulfonamides is 1. The standard InChI is InChI=1S/C26H29NO5S/c1-17-6-5-7-22(19(17)3)16-32-23-10-8-21(9-11-23)12-13-27-33(30,31)24-14-18(2)20(4)25(15-24)26(28)29/h5-11,14-15,27H,12-13,16H2,1-4H3,(H,28,29). The third-order valence-electron chi connectivity index (χ3n) is 5.92. The number of aromatic carboxylic acids is 1. The number of nitrogens with one attached hydrogen (secondary N) is 1. The number of ether oxygens (including phenoxy) is 1. The molecule has 0 fully saturated rings. The zero-order chi connectivity index (χ0) is 24.2. The van der Waals surface area contributed by atoms with Crippen LogP contribution in [0.3, 0.4) is 0 Å². The number of hydrogen-bond donors (Lipinski definition) is 2. The highest BCUT2D eigenvalue weighted by Crippen LogP contribution is 2.21. The second-order valence-electron chi connectivity index (χ2n) is 8.16. The Morgan fingerprint density at radius 2 is 1.64 bits per heavy atom. The van der Waals surface area contributed by atoms with Crippen molar-refractivity contribution < 1.29 is 23.1 Å². The third kappa shape index (κ3) is 6.00. The fourth-order valence-electron chi connectivity index (χ4n) is 3.50. The van der Waals surface area contributed by atoms with Gasteiger partial charge in [0.1, 0.15) is 12.4 Å². The van der Waals surface area contributed by atoms with Crippen LogP contribution in [0.4, 0.5) is 0 Å². The van der Waals surface area contributed by atoms with Crippen molar-refractivity contribution in [1.82, 2.24) is 4.72 Å². The Hall–Kier alpha value is -3.16. The van der Waals surface area contributed by atoms with Crippen molar-refractivity contribution in [2.24, 2.45) is 0 Å². The molecule has 3 aromatic carbocycles. The minimum Gasteiger partial charge on any atom is -0.489 e. The highest BCUT2D eigenvalue weighted by molar-refractivity contribution is 7.89. The Morgan fingerprint density at radius 1 is 0.939 bits per heavy atom. The summed E-state index contributed by atoms with van der Waals surface area (Å²) in [5.41, 5.74) is 5.73. The Bertz CT molecular complexity index is 1260. The summed E-state index contributed by atoms with van der Waals surface area (Å²) >= 11 is 0. The zero-order valence-electron chi connectivity index (χ0n) is 19.3. The first kappa shape index (κ1) is 24.5. The van der Waals surface area contributed by atoms with E-state index in [-0.39, 0.29) is 17.0 Å². The van der Waals surface area contributed by atoms with E-state index in [1.165, 1.54) is 23.3 Å². The van der Waals surface area contributed by atoms with E-state index in [4.69, 9.17) is 4.74 Å². The predicted octanol–water partition coefficient (Wildman–Crippen LogP) is 4.72. The first-order valence-corrected chi connectivity index (χ1v) is 12.2. The molecular formula is C26H29NO5S. The van der Waals surface area contributed by atoms with Crippen LogP contribution in [-0.4, -0.2) is 26.0 Å². The second-order valence-corrected chi connectivity index (χ2v) is 9.92. The molecule has 0 aliphatic rings. The van der Waals surface area contributed by atoms with Gasteiger partial charge in [-0.15, -0.1) is 0 Å². The molecule has 2 N–H and O–H groups in total. The lowest BCUT2D eigenvalue weighted by molar-refractivity contribution is 0.0695. The molecule has 3 aromatic rings. The van der Waals surface area contributed by atoms with Gasteiger partial charge in [0.2, 0.25) is 10.0 Å². The first-order valence-electron chi connectivity index (χ1n) is 10.7. The molecule has 33 heavy (non-hydrogen) atoms. The van der Waals surface area contributed by atoms with Crippen molar-refractivity contribution in [1.29, 1.82) is 0 Å². The molecule has 0 aliphatic heterocycles. The summed E-state index contributed by atoms with van der Waals surface area (Å²) in [6, 6.07) is 16.4. The van der Waals surface area contributed by atoms with E-state index in [9.17, 15) is 18.3 Å². The van der Waals surface area contributed by atoms with Gasteiger partial charge in [0.15, 0.2) is 0 Å². The van der Waals surface area contributed by atoms with Gasteiger partial charge in [-0.05, 0) is 91.8 Å². The van der Waals surface area contributed by atoms with Crippen LogP contribution in [0, 0.1) is 27.7 Å². The summed E-state index contributed by atoms with van der Waals surface area (Å²) in [5.74, 6) is -0.399. The van der Waals surface area contributed by atoms with Crippen molar-refractivity contribution in [2.45, 2.75) is 45.6 Å². The zero-order valence-corrected chi connectivity index (χ0v) is 20.1. The molecule has 0 amide bonds. The molecule has 174 valence electrons. The lowest BCUT2D eigenvalue weighted by Gasteiger charge is -2.12. The molecule has 0 atom stereocenters. The maximum atomic E-state index is 12.7. The first-order chi connectivity index (χ1) is 15.6. The number of aryl methyl sites for hydroxylation is 2. The molecule has 0 unspecified atom stereocenters. The van der Waals surface area contributed by atoms with Gasteiger partial charge in [-0.1, -0.05) is 30.3 Å². The van der Waals surface area contributed by atoms with Crippen LogP contribution in [0.1, 0.15) is 43.7 Å². The molecule has 0 spiro atoms. The molecule has 7 heteroatoms. The van der Waals surface area contributed by atoms with Crippen LogP contribution in [0.2, 0.25) is 0 Å². The van der Waals surface area contributed by atoms with Gasteiger partial charge in [-0.25, -0.2) is 17.9 Å². The summed E-state index contributed by atoms with van der Waals surface area (Å²) in [4.78, 5) is 11.4. The topological polar surface area (TPSA) is 92.7 Å². The van der Waals surface area contributed by atoms with Crippen molar-refractivity contribution in [2.75, 3.05) is 6.54 Å². The Kier molecular flexibility index (Phi) is 7.56. The molecule has 0 aliphatic carbocycles. The van der Waals surface area contributed by atoms with Crippen LogP contribution in [0.15, 0.2) is 59.5 Å². The normalized spacial score (nSPS) is 11.4. The Labute approximate surface area is 195 Å². The van der Waals surface area contributed by atoms with Crippen LogP contribution < -0.4 is 9.46 Å². The number of carboxylic acid groups (broad SMARTS) is 1. The highest BCUT2D eigenvalue weighted by Gasteiger charge is 2.19. The lowest BCUT2D eigenvalue weighted by atomic mass is 10.0. The monoisotopic (exact) mass is 467 g/mol. The number of rotatable bonds is 9. The van der Waals surface area contributed by atoms with Gasteiger partial charge in [0.25, 0.3) is 0 Å². The molecule has 0 bridgehead atoms. The molecular weight excluding hydrogens is 438 g/mol. The molecule has 0 aromatic heterocycles. The molecule has 0 heterocycles. The van der Waals surface area contributed by atoms with Crippen LogP contribution in [0.5, 0.6) is 5.75 Å². The molecule has 0 saturated carbocycles. The number of hydrogen-bond acceptors (Lipinski definition) is 4. The highest BCUT2D eigenvalue weighted by atomic mass is 32.2. The van der Waals surface area contributed by atoms with Gasteiger partial charge in [0, 0.05) is 6.54 Å². The third-order valence-corrected chi connectivity index (χ3v) is 7.36. The Balaban J connectivity index is 1.58. The maximum absolute atomic E-state index is 12.7. The van der Waals surface area contributed by atoms with Crippen LogP contribution in [-0.2, 0) is 23.1 Å². The summed E-state index contributed by atoms with van der Waals surface area (Å²) < 4.78 is 33.8. The van der Waals surface area contributed by atoms with E-state index in [0.29, 0.717) is 24.2 Å². The van der Waals surface area contributed by atoms with E-state index in [2.05, 4.69) is 30.7 Å². The SMILES string of the molecule is Cc1cccc(COc2ccc(CCNS(=O)(=O)c3cc(C)c(C)c(C(=O)O)c3)cc2)c1C. The fraction of sp³-hybridized carbons (Fsp3) is 0.269. The minimum absolute atomic E-state index is 0.00757. The molecule has 0 saturated heterocycles. The minimum atomic E-state index is -3.82. The molecule has 3 rings (SSSR count). The maximum Gasteiger partial charge on any atom is 0.336 e. The van der Waals surface area contributed by atoms with Crippen molar-refractivity contribution >= 4 is 16.0 Å². The molecule has 0 radical (unpaired) electrons. The van der Waals surface area contributed by atoms with E-state index in [1.54, 1.807) is 13.8 Å². The Morgan fingerprint density at radius 3 is 2.30 bits per heavy atom. The van der Waals surface area contributed by atoms with Crippen molar-refractivity contribution in [3.05, 3.63) is 93.5 Å². The second kappa shape index (κ2) is 10.2. The largest absolute Gasteiger partial charge is 0.489 e. The van der Waals surface area contributed by atoms with Crippen LogP contribution >= 0.6 is 0 Å². The van der Waals surface area contributed by atoms with Crippen molar-refractivity contribution in [3.8, 4) is 5.75 Å². The van der Waals surface area contributed by atoms with E-state index in [1.807, 2.05) is 30.3 Å². The summed E-state index contributed by atoms with van der Waals surface area (Å²) in [6.07, 6.45) is 0.493.